The first-order valence-electron chi connectivity index (χ1n) is 8.32. The van der Waals surface area contributed by atoms with Gasteiger partial charge in [-0.15, -0.1) is 11.3 Å². The number of thiazole rings is 1. The zero-order chi connectivity index (χ0) is 17.8. The predicted octanol–water partition coefficient (Wildman–Crippen LogP) is 4.02. The third-order valence-electron chi connectivity index (χ3n) is 4.33. The van der Waals surface area contributed by atoms with Crippen molar-refractivity contribution >= 4 is 27.3 Å². The lowest BCUT2D eigenvalue weighted by Crippen LogP contribution is -1.91. The van der Waals surface area contributed by atoms with Crippen LogP contribution in [0.2, 0.25) is 0 Å². The minimum atomic E-state index is 0.870. The van der Waals surface area contributed by atoms with Gasteiger partial charge in [0.15, 0.2) is 4.96 Å². The molecule has 1 aromatic carbocycles. The maximum atomic E-state index is 4.88. The Labute approximate surface area is 153 Å². The van der Waals surface area contributed by atoms with Crippen LogP contribution in [0.25, 0.3) is 38.6 Å². The number of fused-ring (bicyclic) bond motifs is 2. The van der Waals surface area contributed by atoms with Gasteiger partial charge in [0.25, 0.3) is 0 Å². The Morgan fingerprint density at radius 1 is 0.962 bits per heavy atom. The van der Waals surface area contributed by atoms with Crippen LogP contribution in [0.15, 0.2) is 42.6 Å². The predicted molar refractivity (Wildman–Crippen MR) is 103 cm³/mol. The molecule has 4 aromatic heterocycles. The molecule has 0 spiro atoms. The summed E-state index contributed by atoms with van der Waals surface area (Å²) in [5.41, 5.74) is 6.60. The van der Waals surface area contributed by atoms with E-state index in [2.05, 4.69) is 39.9 Å². The van der Waals surface area contributed by atoms with E-state index in [-0.39, 0.29) is 0 Å². The normalized spacial score (nSPS) is 11.7. The molecule has 0 saturated carbocycles. The number of imidazole rings is 1. The summed E-state index contributed by atoms with van der Waals surface area (Å²) < 4.78 is 2.15. The first kappa shape index (κ1) is 15.2. The molecule has 0 unspecified atom stereocenters. The van der Waals surface area contributed by atoms with E-state index in [1.54, 1.807) is 16.1 Å². The molecule has 0 radical (unpaired) electrons. The summed E-state index contributed by atoms with van der Waals surface area (Å²) in [6, 6.07) is 12.2. The van der Waals surface area contributed by atoms with Crippen LogP contribution in [0.5, 0.6) is 0 Å². The van der Waals surface area contributed by atoms with Crippen molar-refractivity contribution in [2.75, 3.05) is 0 Å². The Kier molecular flexibility index (Phi) is 3.20. The number of aromatic nitrogens is 6. The van der Waals surface area contributed by atoms with Crippen molar-refractivity contribution in [3.8, 4) is 22.6 Å². The molecule has 0 atom stereocenters. The fourth-order valence-corrected chi connectivity index (χ4v) is 4.08. The lowest BCUT2D eigenvalue weighted by Gasteiger charge is -2.05. The van der Waals surface area contributed by atoms with Crippen LogP contribution in [-0.4, -0.2) is 29.4 Å². The molecule has 0 aliphatic carbocycles. The number of benzene rings is 1. The van der Waals surface area contributed by atoms with Crippen molar-refractivity contribution in [2.45, 2.75) is 13.8 Å². The average Bonchev–Trinajstić information content (AvgIpc) is 3.24. The number of aryl methyl sites for hydroxylation is 3. The van der Waals surface area contributed by atoms with Gasteiger partial charge < -0.3 is 0 Å². The fraction of sp³-hybridized carbons (Fsp3) is 0.158. The Bertz CT molecular complexity index is 1280. The van der Waals surface area contributed by atoms with Crippen LogP contribution in [0.1, 0.15) is 10.6 Å². The number of hydrogen-bond donors (Lipinski definition) is 0. The molecule has 0 amide bonds. The second-order valence-corrected chi connectivity index (χ2v) is 7.57. The highest BCUT2D eigenvalue weighted by molar-refractivity contribution is 7.17. The fourth-order valence-electron chi connectivity index (χ4n) is 3.26. The van der Waals surface area contributed by atoms with Gasteiger partial charge in [0, 0.05) is 29.4 Å². The van der Waals surface area contributed by atoms with Crippen molar-refractivity contribution in [1.29, 1.82) is 0 Å². The second kappa shape index (κ2) is 5.47. The molecule has 7 heteroatoms. The zero-order valence-electron chi connectivity index (χ0n) is 14.6. The standard InChI is InChI=1S/C19H16N6S/c1-11-5-4-6-15(20-11)17-18(25-10-12(2)26-19(25)21-17)13-7-8-14-16(9-13)23-24(3)22-14/h4-10H,1-3H3. The first-order valence-corrected chi connectivity index (χ1v) is 9.14. The van der Waals surface area contributed by atoms with Crippen molar-refractivity contribution in [1.82, 2.24) is 29.4 Å². The minimum absolute atomic E-state index is 0.870. The molecular formula is C19H16N6S. The zero-order valence-corrected chi connectivity index (χ0v) is 15.4. The van der Waals surface area contributed by atoms with E-state index in [9.17, 15) is 0 Å². The molecule has 26 heavy (non-hydrogen) atoms. The highest BCUT2D eigenvalue weighted by Crippen LogP contribution is 2.35. The molecular weight excluding hydrogens is 344 g/mol. The van der Waals surface area contributed by atoms with Crippen molar-refractivity contribution in [2.24, 2.45) is 7.05 Å². The van der Waals surface area contributed by atoms with Gasteiger partial charge in [0.1, 0.15) is 16.7 Å². The smallest absolute Gasteiger partial charge is 0.195 e. The van der Waals surface area contributed by atoms with Crippen LogP contribution < -0.4 is 0 Å². The summed E-state index contributed by atoms with van der Waals surface area (Å²) in [4.78, 5) is 13.4. The van der Waals surface area contributed by atoms with Gasteiger partial charge in [-0.25, -0.2) is 4.98 Å². The molecule has 128 valence electrons. The third-order valence-corrected chi connectivity index (χ3v) is 5.22. The molecule has 0 aliphatic heterocycles. The maximum absolute atomic E-state index is 4.88. The summed E-state index contributed by atoms with van der Waals surface area (Å²) in [5, 5.41) is 8.82. The van der Waals surface area contributed by atoms with Gasteiger partial charge in [-0.2, -0.15) is 15.0 Å². The summed E-state index contributed by atoms with van der Waals surface area (Å²) in [6.07, 6.45) is 2.13. The van der Waals surface area contributed by atoms with Crippen LogP contribution in [-0.2, 0) is 7.05 Å². The Balaban J connectivity index is 1.82. The highest BCUT2D eigenvalue weighted by atomic mass is 32.1. The lowest BCUT2D eigenvalue weighted by molar-refractivity contribution is 0.665. The molecule has 0 saturated heterocycles. The van der Waals surface area contributed by atoms with E-state index < -0.39 is 0 Å². The van der Waals surface area contributed by atoms with E-state index in [1.807, 2.05) is 38.2 Å². The Hall–Kier alpha value is -3.06. The molecule has 4 heterocycles. The number of hydrogen-bond acceptors (Lipinski definition) is 5. The van der Waals surface area contributed by atoms with Crippen LogP contribution in [0, 0.1) is 13.8 Å². The molecule has 0 fully saturated rings. The average molecular weight is 360 g/mol. The largest absolute Gasteiger partial charge is 0.289 e. The van der Waals surface area contributed by atoms with E-state index in [1.165, 1.54) is 4.88 Å². The number of pyridine rings is 1. The minimum Gasteiger partial charge on any atom is -0.289 e. The molecule has 5 rings (SSSR count). The molecule has 0 bridgehead atoms. The third kappa shape index (κ3) is 2.32. The SMILES string of the molecule is Cc1cccc(-c2nc3sc(C)cn3c2-c2ccc3nn(C)nc3c2)n1. The topological polar surface area (TPSA) is 60.9 Å². The summed E-state index contributed by atoms with van der Waals surface area (Å²) in [6.45, 7) is 4.09. The summed E-state index contributed by atoms with van der Waals surface area (Å²) >= 11 is 1.68. The van der Waals surface area contributed by atoms with Gasteiger partial charge in [0.2, 0.25) is 0 Å². The van der Waals surface area contributed by atoms with Crippen LogP contribution >= 0.6 is 11.3 Å². The second-order valence-electron chi connectivity index (χ2n) is 6.36. The molecule has 5 aromatic rings. The van der Waals surface area contributed by atoms with Crippen LogP contribution in [0.3, 0.4) is 0 Å². The molecule has 6 nitrogen and oxygen atoms in total. The van der Waals surface area contributed by atoms with E-state index >= 15 is 0 Å². The van der Waals surface area contributed by atoms with Crippen molar-refractivity contribution in [3.63, 3.8) is 0 Å². The monoisotopic (exact) mass is 360 g/mol. The van der Waals surface area contributed by atoms with Crippen LogP contribution in [0.4, 0.5) is 0 Å². The Morgan fingerprint density at radius 2 is 1.81 bits per heavy atom. The Morgan fingerprint density at radius 3 is 2.65 bits per heavy atom. The lowest BCUT2D eigenvalue weighted by atomic mass is 10.1. The quantitative estimate of drug-likeness (QED) is 0.477. The van der Waals surface area contributed by atoms with E-state index in [0.717, 1.165) is 44.3 Å². The number of nitrogens with zero attached hydrogens (tertiary/aromatic N) is 6. The highest BCUT2D eigenvalue weighted by Gasteiger charge is 2.19. The van der Waals surface area contributed by atoms with E-state index in [4.69, 9.17) is 9.97 Å². The van der Waals surface area contributed by atoms with Gasteiger partial charge >= 0.3 is 0 Å². The molecule has 0 N–H and O–H groups in total. The summed E-state index contributed by atoms with van der Waals surface area (Å²) in [5.74, 6) is 0. The molecule has 0 aliphatic rings. The van der Waals surface area contributed by atoms with Gasteiger partial charge in [-0.1, -0.05) is 12.1 Å². The van der Waals surface area contributed by atoms with Gasteiger partial charge in [0.05, 0.1) is 11.4 Å². The summed E-state index contributed by atoms with van der Waals surface area (Å²) in [7, 11) is 1.83. The van der Waals surface area contributed by atoms with Gasteiger partial charge in [-0.05, 0) is 38.1 Å². The van der Waals surface area contributed by atoms with E-state index in [0.29, 0.717) is 0 Å². The first-order chi connectivity index (χ1) is 12.6. The van der Waals surface area contributed by atoms with Crippen molar-refractivity contribution in [3.05, 3.63) is 53.2 Å². The van der Waals surface area contributed by atoms with Crippen molar-refractivity contribution < 1.29 is 0 Å². The van der Waals surface area contributed by atoms with Gasteiger partial charge in [-0.3, -0.25) is 9.38 Å². The number of rotatable bonds is 2. The maximum Gasteiger partial charge on any atom is 0.195 e.